The molecule has 6 rings (SSSR count). The normalized spacial score (nSPS) is 11.9. The number of nitrogens with one attached hydrogen (secondary N) is 2. The maximum atomic E-state index is 13.8. The van der Waals surface area contributed by atoms with Gasteiger partial charge < -0.3 is 10.3 Å². The van der Waals surface area contributed by atoms with Crippen LogP contribution < -0.4 is 10.2 Å². The van der Waals surface area contributed by atoms with Crippen LogP contribution in [-0.2, 0) is 0 Å². The summed E-state index contributed by atoms with van der Waals surface area (Å²) in [5.41, 5.74) is 3.75. The van der Waals surface area contributed by atoms with E-state index in [0.29, 0.717) is 22.0 Å². The molecule has 0 aliphatic carbocycles. The second-order valence-corrected chi connectivity index (χ2v) is 9.96. The van der Waals surface area contributed by atoms with Gasteiger partial charge in [0.15, 0.2) is 0 Å². The number of aromatic nitrogens is 3. The molecule has 1 atom stereocenters. The molecule has 186 valence electrons. The fraction of sp³-hybridized carbons (Fsp3) is 0.0667. The molecule has 2 amide bonds. The van der Waals surface area contributed by atoms with Gasteiger partial charge in [-0.25, -0.2) is 4.98 Å². The molecule has 0 aliphatic heterocycles. The number of aromatic amines is 1. The molecule has 3 heterocycles. The van der Waals surface area contributed by atoms with Crippen molar-refractivity contribution in [1.29, 1.82) is 0 Å². The van der Waals surface area contributed by atoms with Crippen molar-refractivity contribution in [2.45, 2.75) is 13.0 Å². The minimum Gasteiger partial charge on any atom is -0.340 e. The molecule has 8 heteroatoms. The number of nitrogens with zero attached hydrogens (tertiary/aromatic N) is 3. The van der Waals surface area contributed by atoms with E-state index in [4.69, 9.17) is 4.98 Å². The Balaban J connectivity index is 1.38. The number of imidazole rings is 1. The van der Waals surface area contributed by atoms with Crippen LogP contribution in [0.5, 0.6) is 0 Å². The van der Waals surface area contributed by atoms with E-state index in [1.807, 2.05) is 85.8 Å². The summed E-state index contributed by atoms with van der Waals surface area (Å²) in [6, 6.07) is 27.8. The molecular formula is C30H23N5O2S. The standard InChI is InChI=1S/C30H23N5O2S/c1-19(28-33-24-9-5-6-10-25(24)34-28)35(30(37)20-7-3-2-4-8-20)23-11-12-26-21(17-23)18-27(38-26)29(36)32-22-13-15-31-16-14-22/h2-19H,1H3,(H,33,34)(H,31,32,36). The van der Waals surface area contributed by atoms with Crippen LogP contribution in [0.4, 0.5) is 11.4 Å². The number of thiophene rings is 1. The Hall–Kier alpha value is -4.82. The van der Waals surface area contributed by atoms with Crippen LogP contribution in [0.25, 0.3) is 21.1 Å². The maximum Gasteiger partial charge on any atom is 0.265 e. The molecule has 3 aromatic carbocycles. The fourth-order valence-electron chi connectivity index (χ4n) is 4.45. The Morgan fingerprint density at radius 2 is 1.68 bits per heavy atom. The van der Waals surface area contributed by atoms with Gasteiger partial charge in [-0.2, -0.15) is 0 Å². The van der Waals surface area contributed by atoms with E-state index in [9.17, 15) is 9.59 Å². The van der Waals surface area contributed by atoms with Gasteiger partial charge in [0.05, 0.1) is 22.0 Å². The summed E-state index contributed by atoms with van der Waals surface area (Å²) >= 11 is 1.41. The summed E-state index contributed by atoms with van der Waals surface area (Å²) in [5.74, 6) is 0.369. The van der Waals surface area contributed by atoms with Gasteiger partial charge in [-0.3, -0.25) is 19.5 Å². The van der Waals surface area contributed by atoms with Crippen molar-refractivity contribution in [2.75, 3.05) is 10.2 Å². The molecule has 0 saturated heterocycles. The molecule has 0 aliphatic rings. The van der Waals surface area contributed by atoms with Crippen LogP contribution in [0.15, 0.2) is 103 Å². The number of amides is 2. The smallest absolute Gasteiger partial charge is 0.265 e. The zero-order valence-electron chi connectivity index (χ0n) is 20.5. The minimum atomic E-state index is -0.374. The molecule has 0 bridgehead atoms. The summed E-state index contributed by atoms with van der Waals surface area (Å²) in [6.07, 6.45) is 3.27. The van der Waals surface area contributed by atoms with E-state index in [-0.39, 0.29) is 17.9 Å². The van der Waals surface area contributed by atoms with Gasteiger partial charge in [0, 0.05) is 34.0 Å². The summed E-state index contributed by atoms with van der Waals surface area (Å²) in [4.78, 5) is 41.2. The summed E-state index contributed by atoms with van der Waals surface area (Å²) in [6.45, 7) is 1.96. The van der Waals surface area contributed by atoms with Crippen molar-refractivity contribution in [3.63, 3.8) is 0 Å². The van der Waals surface area contributed by atoms with Gasteiger partial charge in [-0.05, 0) is 73.0 Å². The first kappa shape index (κ1) is 23.6. The monoisotopic (exact) mass is 517 g/mol. The van der Waals surface area contributed by atoms with Crippen LogP contribution in [0, 0.1) is 0 Å². The van der Waals surface area contributed by atoms with Crippen LogP contribution in [0.2, 0.25) is 0 Å². The van der Waals surface area contributed by atoms with E-state index in [1.165, 1.54) is 11.3 Å². The maximum absolute atomic E-state index is 13.8. The van der Waals surface area contributed by atoms with E-state index >= 15 is 0 Å². The van der Waals surface area contributed by atoms with Gasteiger partial charge >= 0.3 is 0 Å². The van der Waals surface area contributed by atoms with Crippen molar-refractivity contribution < 1.29 is 9.59 Å². The number of H-pyrrole nitrogens is 1. The third-order valence-electron chi connectivity index (χ3n) is 6.37. The molecule has 1 unspecified atom stereocenters. The quantitative estimate of drug-likeness (QED) is 0.253. The van der Waals surface area contributed by atoms with Gasteiger partial charge in [0.25, 0.3) is 11.8 Å². The lowest BCUT2D eigenvalue weighted by Crippen LogP contribution is -2.34. The lowest BCUT2D eigenvalue weighted by molar-refractivity contribution is 0.0976. The number of fused-ring (bicyclic) bond motifs is 2. The molecule has 3 aromatic heterocycles. The predicted octanol–water partition coefficient (Wildman–Crippen LogP) is 6.83. The number of benzene rings is 3. The second kappa shape index (κ2) is 9.91. The summed E-state index contributed by atoms with van der Waals surface area (Å²) in [7, 11) is 0. The lowest BCUT2D eigenvalue weighted by Gasteiger charge is -2.28. The van der Waals surface area contributed by atoms with Crippen LogP contribution in [0.1, 0.15) is 38.8 Å². The Bertz CT molecular complexity index is 1730. The number of anilines is 2. The Morgan fingerprint density at radius 3 is 2.47 bits per heavy atom. The fourth-order valence-corrected chi connectivity index (χ4v) is 5.39. The molecule has 6 aromatic rings. The van der Waals surface area contributed by atoms with E-state index in [1.54, 1.807) is 29.4 Å². The number of hydrogen-bond donors (Lipinski definition) is 2. The number of carbonyl (C=O) groups is 2. The zero-order valence-corrected chi connectivity index (χ0v) is 21.3. The molecule has 0 fully saturated rings. The summed E-state index contributed by atoms with van der Waals surface area (Å²) in [5, 5.41) is 3.79. The Kier molecular flexibility index (Phi) is 6.15. The van der Waals surface area contributed by atoms with Gasteiger partial charge in [0.1, 0.15) is 5.82 Å². The molecule has 0 spiro atoms. The van der Waals surface area contributed by atoms with Gasteiger partial charge in [-0.15, -0.1) is 11.3 Å². The third-order valence-corrected chi connectivity index (χ3v) is 7.49. The third kappa shape index (κ3) is 4.53. The molecule has 38 heavy (non-hydrogen) atoms. The van der Waals surface area contributed by atoms with E-state index < -0.39 is 0 Å². The first-order valence-electron chi connectivity index (χ1n) is 12.1. The Morgan fingerprint density at radius 1 is 0.921 bits per heavy atom. The molecule has 0 radical (unpaired) electrons. The van der Waals surface area contributed by atoms with Crippen molar-refractivity contribution >= 4 is 55.6 Å². The highest BCUT2D eigenvalue weighted by Gasteiger charge is 2.27. The van der Waals surface area contributed by atoms with Crippen molar-refractivity contribution in [1.82, 2.24) is 15.0 Å². The first-order valence-corrected chi connectivity index (χ1v) is 13.0. The second-order valence-electron chi connectivity index (χ2n) is 8.88. The SMILES string of the molecule is CC(c1nc2ccccc2[nH]1)N(C(=O)c1ccccc1)c1ccc2sc(C(=O)Nc3ccncc3)cc2c1. The van der Waals surface area contributed by atoms with Crippen molar-refractivity contribution in [3.8, 4) is 0 Å². The molecular weight excluding hydrogens is 494 g/mol. The number of para-hydroxylation sites is 2. The van der Waals surface area contributed by atoms with E-state index in [2.05, 4.69) is 15.3 Å². The highest BCUT2D eigenvalue weighted by molar-refractivity contribution is 7.20. The highest BCUT2D eigenvalue weighted by Crippen LogP contribution is 2.34. The lowest BCUT2D eigenvalue weighted by atomic mass is 10.1. The van der Waals surface area contributed by atoms with E-state index in [0.717, 1.165) is 26.8 Å². The first-order chi connectivity index (χ1) is 18.6. The highest BCUT2D eigenvalue weighted by atomic mass is 32.1. The average Bonchev–Trinajstić information content (AvgIpc) is 3.58. The minimum absolute atomic E-state index is 0.135. The average molecular weight is 518 g/mol. The zero-order chi connectivity index (χ0) is 26.1. The summed E-state index contributed by atoms with van der Waals surface area (Å²) < 4.78 is 0.956. The number of hydrogen-bond acceptors (Lipinski definition) is 5. The largest absolute Gasteiger partial charge is 0.340 e. The number of carbonyl (C=O) groups excluding carboxylic acids is 2. The number of rotatable bonds is 6. The van der Waals surface area contributed by atoms with Gasteiger partial charge in [0.2, 0.25) is 0 Å². The van der Waals surface area contributed by atoms with Crippen LogP contribution in [-0.4, -0.2) is 26.8 Å². The van der Waals surface area contributed by atoms with Crippen molar-refractivity contribution in [2.24, 2.45) is 0 Å². The van der Waals surface area contributed by atoms with Crippen LogP contribution in [0.3, 0.4) is 0 Å². The molecule has 7 nitrogen and oxygen atoms in total. The van der Waals surface area contributed by atoms with Crippen LogP contribution >= 0.6 is 11.3 Å². The topological polar surface area (TPSA) is 91.0 Å². The van der Waals surface area contributed by atoms with Gasteiger partial charge in [-0.1, -0.05) is 30.3 Å². The predicted molar refractivity (Wildman–Crippen MR) is 152 cm³/mol. The van der Waals surface area contributed by atoms with Crippen molar-refractivity contribution in [3.05, 3.63) is 120 Å². The Labute approximate surface area is 222 Å². The molecule has 2 N–H and O–H groups in total. The molecule has 0 saturated carbocycles. The number of pyridine rings is 1.